The summed E-state index contributed by atoms with van der Waals surface area (Å²) in [6, 6.07) is 2.05. The Hall–Kier alpha value is -1.84. The first kappa shape index (κ1) is 20.2. The standard InChI is InChI=1S/C14H18F4N2O3S/c1-13(2,3)12(21)20-7-6-19-10-5-4-9(15)8-11(10)24(22,23)14(16,17)18/h4-5,8,19H,6-7H2,1-3H3,(H,20,21). The Morgan fingerprint density at radius 1 is 1.12 bits per heavy atom. The van der Waals surface area contributed by atoms with Crippen LogP contribution in [0.1, 0.15) is 20.8 Å². The zero-order chi connectivity index (χ0) is 18.8. The zero-order valence-corrected chi connectivity index (χ0v) is 14.1. The van der Waals surface area contributed by atoms with E-state index in [-0.39, 0.29) is 19.0 Å². The molecule has 0 radical (unpaired) electrons. The molecule has 2 N–H and O–H groups in total. The molecular weight excluding hydrogens is 352 g/mol. The quantitative estimate of drug-likeness (QED) is 0.617. The Balaban J connectivity index is 2.90. The highest BCUT2D eigenvalue weighted by Crippen LogP contribution is 2.34. The second-order valence-corrected chi connectivity index (χ2v) is 7.93. The highest BCUT2D eigenvalue weighted by atomic mass is 32.2. The molecule has 1 rings (SSSR count). The van der Waals surface area contributed by atoms with E-state index in [1.807, 2.05) is 0 Å². The Morgan fingerprint density at radius 2 is 1.71 bits per heavy atom. The van der Waals surface area contributed by atoms with Crippen molar-refractivity contribution in [3.63, 3.8) is 0 Å². The monoisotopic (exact) mass is 370 g/mol. The number of anilines is 1. The maximum absolute atomic E-state index is 13.2. The van der Waals surface area contributed by atoms with Gasteiger partial charge in [-0.05, 0) is 18.2 Å². The van der Waals surface area contributed by atoms with E-state index in [0.29, 0.717) is 6.07 Å². The number of carbonyl (C=O) groups excluding carboxylic acids is 1. The van der Waals surface area contributed by atoms with Crippen LogP contribution in [0.25, 0.3) is 0 Å². The first-order valence-electron chi connectivity index (χ1n) is 6.90. The van der Waals surface area contributed by atoms with Gasteiger partial charge in [-0.25, -0.2) is 12.8 Å². The van der Waals surface area contributed by atoms with E-state index >= 15 is 0 Å². The van der Waals surface area contributed by atoms with Crippen LogP contribution in [0.4, 0.5) is 23.2 Å². The van der Waals surface area contributed by atoms with Crippen LogP contribution in [-0.4, -0.2) is 32.9 Å². The van der Waals surface area contributed by atoms with Crippen LogP contribution in [-0.2, 0) is 14.6 Å². The second-order valence-electron chi connectivity index (χ2n) is 6.02. The van der Waals surface area contributed by atoms with Crippen LogP contribution in [0.15, 0.2) is 23.1 Å². The third-order valence-corrected chi connectivity index (χ3v) is 4.47. The molecule has 0 spiro atoms. The van der Waals surface area contributed by atoms with Crippen LogP contribution >= 0.6 is 0 Å². The highest BCUT2D eigenvalue weighted by molar-refractivity contribution is 7.92. The van der Waals surface area contributed by atoms with E-state index in [1.165, 1.54) is 0 Å². The van der Waals surface area contributed by atoms with Gasteiger partial charge in [0.25, 0.3) is 9.84 Å². The second kappa shape index (κ2) is 6.96. The molecule has 1 aromatic rings. The molecule has 24 heavy (non-hydrogen) atoms. The fourth-order valence-electron chi connectivity index (χ4n) is 1.63. The molecule has 0 saturated heterocycles. The van der Waals surface area contributed by atoms with Gasteiger partial charge in [-0.2, -0.15) is 13.2 Å². The molecule has 136 valence electrons. The lowest BCUT2D eigenvalue weighted by Crippen LogP contribution is -2.37. The number of rotatable bonds is 5. The van der Waals surface area contributed by atoms with Crippen molar-refractivity contribution in [3.8, 4) is 0 Å². The Kier molecular flexibility index (Phi) is 5.86. The summed E-state index contributed by atoms with van der Waals surface area (Å²) in [6.07, 6.45) is 0. The zero-order valence-electron chi connectivity index (χ0n) is 13.3. The summed E-state index contributed by atoms with van der Waals surface area (Å²) in [6.45, 7) is 5.07. The van der Waals surface area contributed by atoms with E-state index in [0.717, 1.165) is 12.1 Å². The number of hydrogen-bond donors (Lipinski definition) is 2. The SMILES string of the molecule is CC(C)(C)C(=O)NCCNc1ccc(F)cc1S(=O)(=O)C(F)(F)F. The molecule has 10 heteroatoms. The number of carbonyl (C=O) groups is 1. The van der Waals surface area contributed by atoms with Crippen molar-refractivity contribution in [1.29, 1.82) is 0 Å². The smallest absolute Gasteiger partial charge is 0.382 e. The van der Waals surface area contributed by atoms with E-state index in [1.54, 1.807) is 20.8 Å². The van der Waals surface area contributed by atoms with Gasteiger partial charge in [0.1, 0.15) is 10.7 Å². The fraction of sp³-hybridized carbons (Fsp3) is 0.500. The van der Waals surface area contributed by atoms with Gasteiger partial charge in [0, 0.05) is 18.5 Å². The van der Waals surface area contributed by atoms with Gasteiger partial charge >= 0.3 is 5.51 Å². The predicted molar refractivity (Wildman–Crippen MR) is 80.6 cm³/mol. The van der Waals surface area contributed by atoms with E-state index < -0.39 is 37.2 Å². The van der Waals surface area contributed by atoms with Crippen molar-refractivity contribution >= 4 is 21.4 Å². The minimum Gasteiger partial charge on any atom is -0.382 e. The number of sulfone groups is 1. The molecule has 0 bridgehead atoms. The molecule has 1 amide bonds. The fourth-order valence-corrected chi connectivity index (χ4v) is 2.57. The number of nitrogens with one attached hydrogen (secondary N) is 2. The average molecular weight is 370 g/mol. The van der Waals surface area contributed by atoms with Crippen molar-refractivity contribution in [1.82, 2.24) is 5.32 Å². The molecule has 0 aliphatic carbocycles. The molecular formula is C14H18F4N2O3S. The number of benzene rings is 1. The van der Waals surface area contributed by atoms with E-state index in [9.17, 15) is 30.8 Å². The van der Waals surface area contributed by atoms with Crippen molar-refractivity contribution in [3.05, 3.63) is 24.0 Å². The average Bonchev–Trinajstić information content (AvgIpc) is 2.42. The van der Waals surface area contributed by atoms with Crippen LogP contribution in [0, 0.1) is 11.2 Å². The van der Waals surface area contributed by atoms with Gasteiger partial charge in [0.15, 0.2) is 0 Å². The van der Waals surface area contributed by atoms with Crippen molar-refractivity contribution < 1.29 is 30.8 Å². The number of halogens is 4. The van der Waals surface area contributed by atoms with Gasteiger partial charge in [-0.3, -0.25) is 4.79 Å². The van der Waals surface area contributed by atoms with Crippen LogP contribution in [0.3, 0.4) is 0 Å². The van der Waals surface area contributed by atoms with Crippen LogP contribution in [0.5, 0.6) is 0 Å². The van der Waals surface area contributed by atoms with Gasteiger partial charge in [0.2, 0.25) is 5.91 Å². The minimum atomic E-state index is -5.70. The summed E-state index contributed by atoms with van der Waals surface area (Å²) in [5.74, 6) is -1.38. The maximum Gasteiger partial charge on any atom is 0.501 e. The maximum atomic E-state index is 13.2. The number of alkyl halides is 3. The van der Waals surface area contributed by atoms with Crippen LogP contribution in [0.2, 0.25) is 0 Å². The molecule has 0 saturated carbocycles. The molecule has 0 aliphatic heterocycles. The molecule has 0 aromatic heterocycles. The summed E-state index contributed by atoms with van der Waals surface area (Å²) in [5.41, 5.74) is -6.57. The lowest BCUT2D eigenvalue weighted by atomic mass is 9.96. The Bertz CT molecular complexity index is 710. The molecule has 0 unspecified atom stereocenters. The summed E-state index contributed by atoms with van der Waals surface area (Å²) in [7, 11) is -5.70. The van der Waals surface area contributed by atoms with E-state index in [4.69, 9.17) is 0 Å². The topological polar surface area (TPSA) is 75.3 Å². The van der Waals surface area contributed by atoms with E-state index in [2.05, 4.69) is 10.6 Å². The van der Waals surface area contributed by atoms with Crippen molar-refractivity contribution in [2.75, 3.05) is 18.4 Å². The lowest BCUT2D eigenvalue weighted by Gasteiger charge is -2.18. The summed E-state index contributed by atoms with van der Waals surface area (Å²) < 4.78 is 74.2. The summed E-state index contributed by atoms with van der Waals surface area (Å²) >= 11 is 0. The first-order chi connectivity index (χ1) is 10.8. The third-order valence-electron chi connectivity index (χ3n) is 2.95. The lowest BCUT2D eigenvalue weighted by molar-refractivity contribution is -0.128. The molecule has 5 nitrogen and oxygen atoms in total. The number of hydrogen-bond acceptors (Lipinski definition) is 4. The molecule has 0 aliphatic rings. The molecule has 1 aromatic carbocycles. The van der Waals surface area contributed by atoms with Crippen molar-refractivity contribution in [2.45, 2.75) is 31.2 Å². The first-order valence-corrected chi connectivity index (χ1v) is 8.38. The molecule has 0 fully saturated rings. The van der Waals surface area contributed by atoms with Gasteiger partial charge < -0.3 is 10.6 Å². The molecule has 0 heterocycles. The van der Waals surface area contributed by atoms with Gasteiger partial charge in [0.05, 0.1) is 5.69 Å². The van der Waals surface area contributed by atoms with Gasteiger partial charge in [-0.1, -0.05) is 20.8 Å². The van der Waals surface area contributed by atoms with Crippen LogP contribution < -0.4 is 10.6 Å². The third kappa shape index (κ3) is 4.83. The summed E-state index contributed by atoms with van der Waals surface area (Å²) in [5, 5.41) is 5.01. The van der Waals surface area contributed by atoms with Gasteiger partial charge in [-0.15, -0.1) is 0 Å². The summed E-state index contributed by atoms with van der Waals surface area (Å²) in [4.78, 5) is 10.4. The minimum absolute atomic E-state index is 0.0339. The normalized spacial score (nSPS) is 12.8. The largest absolute Gasteiger partial charge is 0.501 e. The van der Waals surface area contributed by atoms with Crippen molar-refractivity contribution in [2.24, 2.45) is 5.41 Å². The predicted octanol–water partition coefficient (Wildman–Crippen LogP) is 2.69. The molecule has 0 atom stereocenters. The Labute approximate surface area is 137 Å². The number of amides is 1. The highest BCUT2D eigenvalue weighted by Gasteiger charge is 2.48. The Morgan fingerprint density at radius 3 is 2.21 bits per heavy atom.